The van der Waals surface area contributed by atoms with Gasteiger partial charge in [-0.15, -0.1) is 11.3 Å². The first-order chi connectivity index (χ1) is 7.63. The summed E-state index contributed by atoms with van der Waals surface area (Å²) in [5.41, 5.74) is 0.849. The quantitative estimate of drug-likeness (QED) is 0.746. The second-order valence-electron chi connectivity index (χ2n) is 3.89. The molecule has 16 heavy (non-hydrogen) atoms. The van der Waals surface area contributed by atoms with Gasteiger partial charge in [-0.05, 0) is 20.0 Å². The van der Waals surface area contributed by atoms with Crippen LogP contribution in [0.5, 0.6) is 0 Å². The van der Waals surface area contributed by atoms with E-state index in [1.165, 1.54) is 30.6 Å². The number of unbranched alkanes of at least 4 members (excludes halogenated alkanes) is 2. The highest BCUT2D eigenvalue weighted by Crippen LogP contribution is 2.11. The molecule has 0 spiro atoms. The molecular formula is C11H18N2O2S. The Morgan fingerprint density at radius 3 is 2.88 bits per heavy atom. The van der Waals surface area contributed by atoms with Crippen LogP contribution >= 0.6 is 11.3 Å². The van der Waals surface area contributed by atoms with E-state index in [-0.39, 0.29) is 5.01 Å². The van der Waals surface area contributed by atoms with Crippen molar-refractivity contribution in [3.05, 3.63) is 16.1 Å². The molecule has 1 heterocycles. The summed E-state index contributed by atoms with van der Waals surface area (Å²) in [4.78, 5) is 16.9. The molecule has 0 radical (unpaired) electrons. The van der Waals surface area contributed by atoms with Crippen LogP contribution in [0.15, 0.2) is 5.38 Å². The molecule has 5 heteroatoms. The van der Waals surface area contributed by atoms with Crippen LogP contribution < -0.4 is 0 Å². The molecular weight excluding hydrogens is 224 g/mol. The SMILES string of the molecule is CCCCCN(C)Cc1csc(C(=O)O)n1. The number of carbonyl (C=O) groups is 1. The molecule has 0 aliphatic heterocycles. The molecule has 1 aromatic heterocycles. The fourth-order valence-corrected chi connectivity index (χ4v) is 2.11. The van der Waals surface area contributed by atoms with E-state index in [9.17, 15) is 4.79 Å². The number of thiazole rings is 1. The van der Waals surface area contributed by atoms with Gasteiger partial charge in [-0.3, -0.25) is 0 Å². The van der Waals surface area contributed by atoms with Gasteiger partial charge in [0.2, 0.25) is 5.01 Å². The number of rotatable bonds is 7. The van der Waals surface area contributed by atoms with E-state index in [0.29, 0.717) is 0 Å². The van der Waals surface area contributed by atoms with Crippen molar-refractivity contribution in [2.24, 2.45) is 0 Å². The van der Waals surface area contributed by atoms with Gasteiger partial charge < -0.3 is 10.0 Å². The van der Waals surface area contributed by atoms with Crippen molar-refractivity contribution >= 4 is 17.3 Å². The van der Waals surface area contributed by atoms with Crippen molar-refractivity contribution in [1.82, 2.24) is 9.88 Å². The highest BCUT2D eigenvalue weighted by atomic mass is 32.1. The highest BCUT2D eigenvalue weighted by Gasteiger charge is 2.09. The first kappa shape index (κ1) is 13.1. The van der Waals surface area contributed by atoms with Gasteiger partial charge >= 0.3 is 5.97 Å². The van der Waals surface area contributed by atoms with Crippen LogP contribution in [-0.2, 0) is 6.54 Å². The summed E-state index contributed by atoms with van der Waals surface area (Å²) in [5.74, 6) is -0.940. The average molecular weight is 242 g/mol. The zero-order chi connectivity index (χ0) is 12.0. The second kappa shape index (κ2) is 6.60. The van der Waals surface area contributed by atoms with Gasteiger partial charge in [-0.2, -0.15) is 0 Å². The summed E-state index contributed by atoms with van der Waals surface area (Å²) in [7, 11) is 2.04. The van der Waals surface area contributed by atoms with Crippen molar-refractivity contribution in [3.8, 4) is 0 Å². The van der Waals surface area contributed by atoms with Crippen molar-refractivity contribution in [1.29, 1.82) is 0 Å². The average Bonchev–Trinajstić information content (AvgIpc) is 2.66. The molecule has 90 valence electrons. The van der Waals surface area contributed by atoms with Crippen molar-refractivity contribution < 1.29 is 9.90 Å². The highest BCUT2D eigenvalue weighted by molar-refractivity contribution is 7.11. The van der Waals surface area contributed by atoms with Gasteiger partial charge in [0.05, 0.1) is 5.69 Å². The summed E-state index contributed by atoms with van der Waals surface area (Å²) in [6, 6.07) is 0. The summed E-state index contributed by atoms with van der Waals surface area (Å²) >= 11 is 1.19. The van der Waals surface area contributed by atoms with Crippen molar-refractivity contribution in [2.45, 2.75) is 32.7 Å². The number of hydrogen-bond acceptors (Lipinski definition) is 4. The monoisotopic (exact) mass is 242 g/mol. The van der Waals surface area contributed by atoms with E-state index >= 15 is 0 Å². The fourth-order valence-electron chi connectivity index (χ4n) is 1.47. The summed E-state index contributed by atoms with van der Waals surface area (Å²) in [5, 5.41) is 10.7. The molecule has 0 saturated heterocycles. The van der Waals surface area contributed by atoms with E-state index in [2.05, 4.69) is 16.8 Å². The molecule has 0 fully saturated rings. The summed E-state index contributed by atoms with van der Waals surface area (Å²) in [6.45, 7) is 3.95. The third-order valence-corrected chi connectivity index (χ3v) is 3.19. The summed E-state index contributed by atoms with van der Waals surface area (Å²) < 4.78 is 0. The predicted molar refractivity (Wildman–Crippen MR) is 64.9 cm³/mol. The minimum absolute atomic E-state index is 0.178. The molecule has 0 bridgehead atoms. The van der Waals surface area contributed by atoms with Gasteiger partial charge in [0.1, 0.15) is 0 Å². The Hall–Kier alpha value is -0.940. The standard InChI is InChI=1S/C11H18N2O2S/c1-3-4-5-6-13(2)7-9-8-16-10(12-9)11(14)15/h8H,3-7H2,1-2H3,(H,14,15). The second-order valence-corrected chi connectivity index (χ2v) is 4.75. The predicted octanol–water partition coefficient (Wildman–Crippen LogP) is 2.46. The topological polar surface area (TPSA) is 53.4 Å². The van der Waals surface area contributed by atoms with E-state index in [0.717, 1.165) is 18.8 Å². The Kier molecular flexibility index (Phi) is 5.42. The molecule has 4 nitrogen and oxygen atoms in total. The van der Waals surface area contributed by atoms with Gasteiger partial charge in [0, 0.05) is 11.9 Å². The van der Waals surface area contributed by atoms with Gasteiger partial charge in [-0.1, -0.05) is 19.8 Å². The maximum Gasteiger partial charge on any atom is 0.365 e. The zero-order valence-corrected chi connectivity index (χ0v) is 10.6. The number of carboxylic acid groups (broad SMARTS) is 1. The van der Waals surface area contributed by atoms with E-state index in [1.54, 1.807) is 0 Å². The molecule has 1 N–H and O–H groups in total. The Labute approximate surface area is 99.9 Å². The summed E-state index contributed by atoms with van der Waals surface area (Å²) in [6.07, 6.45) is 3.64. The lowest BCUT2D eigenvalue weighted by atomic mass is 10.2. The van der Waals surface area contributed by atoms with Crippen LogP contribution in [0.1, 0.15) is 41.7 Å². The maximum absolute atomic E-state index is 10.6. The first-order valence-electron chi connectivity index (χ1n) is 5.49. The number of carboxylic acids is 1. The van der Waals surface area contributed by atoms with Crippen molar-refractivity contribution in [2.75, 3.05) is 13.6 Å². The Morgan fingerprint density at radius 1 is 1.56 bits per heavy atom. The minimum atomic E-state index is -0.940. The van der Waals surface area contributed by atoms with Crippen LogP contribution in [0.2, 0.25) is 0 Å². The molecule has 1 rings (SSSR count). The molecule has 0 aromatic carbocycles. The fraction of sp³-hybridized carbons (Fsp3) is 0.636. The van der Waals surface area contributed by atoms with Crippen LogP contribution in [0.4, 0.5) is 0 Å². The Morgan fingerprint density at radius 2 is 2.31 bits per heavy atom. The third kappa shape index (κ3) is 4.28. The number of aromatic carboxylic acids is 1. The third-order valence-electron chi connectivity index (χ3n) is 2.31. The molecule has 0 amide bonds. The lowest BCUT2D eigenvalue weighted by Gasteiger charge is -2.14. The van der Waals surface area contributed by atoms with Crippen LogP contribution in [0.25, 0.3) is 0 Å². The van der Waals surface area contributed by atoms with Crippen LogP contribution in [-0.4, -0.2) is 34.6 Å². The number of aromatic nitrogens is 1. The normalized spacial score (nSPS) is 10.9. The smallest absolute Gasteiger partial charge is 0.365 e. The maximum atomic E-state index is 10.6. The Bertz CT molecular complexity index is 338. The zero-order valence-electron chi connectivity index (χ0n) is 9.77. The van der Waals surface area contributed by atoms with Crippen LogP contribution in [0.3, 0.4) is 0 Å². The van der Waals surface area contributed by atoms with Gasteiger partial charge in [0.25, 0.3) is 0 Å². The number of hydrogen-bond donors (Lipinski definition) is 1. The largest absolute Gasteiger partial charge is 0.476 e. The Balaban J connectivity index is 2.37. The molecule has 1 aromatic rings. The van der Waals surface area contributed by atoms with E-state index < -0.39 is 5.97 Å². The van der Waals surface area contributed by atoms with Gasteiger partial charge in [0.15, 0.2) is 0 Å². The van der Waals surface area contributed by atoms with E-state index in [1.807, 2.05) is 12.4 Å². The first-order valence-corrected chi connectivity index (χ1v) is 6.37. The van der Waals surface area contributed by atoms with Gasteiger partial charge in [-0.25, -0.2) is 9.78 Å². The lowest BCUT2D eigenvalue weighted by Crippen LogP contribution is -2.19. The molecule has 0 atom stereocenters. The molecule has 0 saturated carbocycles. The van der Waals surface area contributed by atoms with E-state index in [4.69, 9.17) is 5.11 Å². The van der Waals surface area contributed by atoms with Crippen LogP contribution in [0, 0.1) is 0 Å². The minimum Gasteiger partial charge on any atom is -0.476 e. The number of nitrogens with zero attached hydrogens (tertiary/aromatic N) is 2. The molecule has 0 aliphatic rings. The molecule has 0 unspecified atom stereocenters. The lowest BCUT2D eigenvalue weighted by molar-refractivity contribution is 0.0696. The van der Waals surface area contributed by atoms with Crippen molar-refractivity contribution in [3.63, 3.8) is 0 Å². The molecule has 0 aliphatic carbocycles.